The van der Waals surface area contributed by atoms with E-state index in [4.69, 9.17) is 14.2 Å². The van der Waals surface area contributed by atoms with Gasteiger partial charge in [-0.1, -0.05) is 17.4 Å². The summed E-state index contributed by atoms with van der Waals surface area (Å²) >= 11 is 5.40. The summed E-state index contributed by atoms with van der Waals surface area (Å²) in [5, 5.41) is 10.5. The van der Waals surface area contributed by atoms with Crippen molar-refractivity contribution in [2.24, 2.45) is 4.99 Å². The van der Waals surface area contributed by atoms with Crippen molar-refractivity contribution < 1.29 is 24.1 Å². The fourth-order valence-corrected chi connectivity index (χ4v) is 6.67. The van der Waals surface area contributed by atoms with E-state index in [0.717, 1.165) is 3.57 Å². The van der Waals surface area contributed by atoms with Gasteiger partial charge < -0.3 is 19.3 Å². The van der Waals surface area contributed by atoms with Gasteiger partial charge in [0.15, 0.2) is 16.3 Å². The van der Waals surface area contributed by atoms with Gasteiger partial charge in [0.1, 0.15) is 5.75 Å². The largest absolute Gasteiger partial charge is 0.506 e. The number of methoxy groups -OCH3 is 1. The molecule has 36 heavy (non-hydrogen) atoms. The van der Waals surface area contributed by atoms with E-state index in [2.05, 4.69) is 50.2 Å². The summed E-state index contributed by atoms with van der Waals surface area (Å²) in [6, 6.07) is 8.20. The molecule has 1 atom stereocenters. The lowest BCUT2D eigenvalue weighted by Gasteiger charge is -2.23. The lowest BCUT2D eigenvalue weighted by Crippen LogP contribution is -2.39. The smallest absolute Gasteiger partial charge is 0.337 e. The molecule has 2 aromatic carbocycles. The Labute approximate surface area is 238 Å². The van der Waals surface area contributed by atoms with E-state index in [0.29, 0.717) is 48.7 Å². The van der Waals surface area contributed by atoms with Crippen molar-refractivity contribution in [3.05, 3.63) is 80.1 Å². The first-order valence-electron chi connectivity index (χ1n) is 11.0. The van der Waals surface area contributed by atoms with Crippen LogP contribution in [0.5, 0.6) is 17.2 Å². The molecule has 1 aromatic heterocycles. The number of thiazole rings is 1. The van der Waals surface area contributed by atoms with Gasteiger partial charge in [0.25, 0.3) is 5.56 Å². The standard InChI is InChI=1S/C25H22I2N2O6S/c1-4-34-18-7-6-13(9-19(18)35-5-2)21-16(24(32)33-3)12-28-25-29(21)23(31)20(36-25)10-14-8-15(26)11-17(27)22(14)30/h6-12,21,30H,4-5H2,1-3H3/b20-10-/t21-/m0/s1. The highest BCUT2D eigenvalue weighted by molar-refractivity contribution is 14.1. The van der Waals surface area contributed by atoms with E-state index in [1.165, 1.54) is 29.2 Å². The van der Waals surface area contributed by atoms with Crippen LogP contribution in [0, 0.1) is 7.14 Å². The molecule has 188 valence electrons. The van der Waals surface area contributed by atoms with Gasteiger partial charge >= 0.3 is 5.97 Å². The summed E-state index contributed by atoms with van der Waals surface area (Å²) in [6.07, 6.45) is 3.08. The summed E-state index contributed by atoms with van der Waals surface area (Å²) in [6.45, 7) is 4.63. The van der Waals surface area contributed by atoms with E-state index in [1.54, 1.807) is 30.3 Å². The third-order valence-corrected chi connectivity index (χ3v) is 7.79. The number of aromatic nitrogens is 1. The molecule has 4 rings (SSSR count). The monoisotopic (exact) mass is 732 g/mol. The highest BCUT2D eigenvalue weighted by atomic mass is 127. The van der Waals surface area contributed by atoms with Crippen molar-refractivity contribution in [3.8, 4) is 17.2 Å². The number of phenolic OH excluding ortho intramolecular Hbond substituents is 1. The fourth-order valence-electron chi connectivity index (χ4n) is 3.82. The maximum atomic E-state index is 13.7. The number of aromatic hydroxyl groups is 1. The lowest BCUT2D eigenvalue weighted by molar-refractivity contribution is -0.136. The number of benzene rings is 2. The van der Waals surface area contributed by atoms with Gasteiger partial charge in [0.05, 0.1) is 40.0 Å². The quantitative estimate of drug-likeness (QED) is 0.294. The Morgan fingerprint density at radius 1 is 1.17 bits per heavy atom. The van der Waals surface area contributed by atoms with Crippen LogP contribution in [-0.4, -0.2) is 36.0 Å². The van der Waals surface area contributed by atoms with Gasteiger partial charge in [-0.3, -0.25) is 9.36 Å². The Bertz CT molecular complexity index is 1540. The maximum absolute atomic E-state index is 13.7. The number of nitrogens with zero attached hydrogens (tertiary/aromatic N) is 2. The van der Waals surface area contributed by atoms with E-state index in [-0.39, 0.29) is 16.9 Å². The molecule has 8 nitrogen and oxygen atoms in total. The molecule has 0 aliphatic carbocycles. The van der Waals surface area contributed by atoms with Crippen LogP contribution in [0.25, 0.3) is 6.08 Å². The second-order valence-corrected chi connectivity index (χ2v) is 11.0. The number of carbonyl (C=O) groups excluding carboxylic acids is 1. The molecule has 1 N–H and O–H groups in total. The number of carbonyl (C=O) groups is 1. The van der Waals surface area contributed by atoms with E-state index in [1.807, 2.05) is 19.9 Å². The first kappa shape index (κ1) is 26.7. The normalized spacial score (nSPS) is 15.1. The van der Waals surface area contributed by atoms with Crippen molar-refractivity contribution >= 4 is 68.6 Å². The number of halogens is 2. The third kappa shape index (κ3) is 5.18. The maximum Gasteiger partial charge on any atom is 0.337 e. The van der Waals surface area contributed by atoms with Crippen molar-refractivity contribution in [1.82, 2.24) is 4.57 Å². The van der Waals surface area contributed by atoms with Crippen molar-refractivity contribution in [1.29, 1.82) is 0 Å². The van der Waals surface area contributed by atoms with Gasteiger partial charge in [-0.2, -0.15) is 0 Å². The summed E-state index contributed by atoms with van der Waals surface area (Å²) in [4.78, 5) is 31.2. The van der Waals surface area contributed by atoms with Crippen LogP contribution in [0.15, 0.2) is 51.9 Å². The average Bonchev–Trinajstić information content (AvgIpc) is 3.17. The number of esters is 1. The second-order valence-electron chi connectivity index (χ2n) is 7.57. The Kier molecular flexibility index (Phi) is 8.40. The van der Waals surface area contributed by atoms with E-state index in [9.17, 15) is 14.7 Å². The van der Waals surface area contributed by atoms with E-state index < -0.39 is 12.0 Å². The van der Waals surface area contributed by atoms with Gasteiger partial charge in [-0.05, 0) is 94.9 Å². The molecular weight excluding hydrogens is 710 g/mol. The SMILES string of the molecule is CCOc1ccc([C@H]2C(C(=O)OC)=CN=c3s/c(=C\c4cc(I)cc(I)c4O)c(=O)n32)cc1OCC. The Morgan fingerprint density at radius 3 is 2.58 bits per heavy atom. The topological polar surface area (TPSA) is 99.4 Å². The molecule has 0 radical (unpaired) electrons. The summed E-state index contributed by atoms with van der Waals surface area (Å²) in [5.74, 6) is 0.595. The van der Waals surface area contributed by atoms with E-state index >= 15 is 0 Å². The minimum Gasteiger partial charge on any atom is -0.506 e. The van der Waals surface area contributed by atoms with Crippen LogP contribution in [0.2, 0.25) is 0 Å². The highest BCUT2D eigenvalue weighted by Gasteiger charge is 2.31. The summed E-state index contributed by atoms with van der Waals surface area (Å²) < 4.78 is 19.9. The molecule has 2 heterocycles. The van der Waals surface area contributed by atoms with Gasteiger partial charge in [-0.25, -0.2) is 9.79 Å². The lowest BCUT2D eigenvalue weighted by atomic mass is 9.97. The van der Waals surface area contributed by atoms with Crippen LogP contribution in [0.4, 0.5) is 0 Å². The van der Waals surface area contributed by atoms with Crippen LogP contribution in [-0.2, 0) is 9.53 Å². The number of hydrogen-bond donors (Lipinski definition) is 1. The van der Waals surface area contributed by atoms with Gasteiger partial charge in [0, 0.05) is 15.3 Å². The predicted molar refractivity (Wildman–Crippen MR) is 153 cm³/mol. The number of ether oxygens (including phenoxy) is 3. The molecule has 11 heteroatoms. The predicted octanol–water partition coefficient (Wildman–Crippen LogP) is 3.73. The molecule has 3 aromatic rings. The molecule has 0 amide bonds. The molecule has 1 aliphatic heterocycles. The molecule has 0 saturated carbocycles. The molecule has 0 saturated heterocycles. The van der Waals surface area contributed by atoms with Crippen LogP contribution >= 0.6 is 56.5 Å². The van der Waals surface area contributed by atoms with Crippen molar-refractivity contribution in [3.63, 3.8) is 0 Å². The minimum atomic E-state index is -0.782. The number of rotatable bonds is 7. The van der Waals surface area contributed by atoms with Crippen LogP contribution in [0.1, 0.15) is 31.0 Å². The van der Waals surface area contributed by atoms with Crippen molar-refractivity contribution in [2.75, 3.05) is 20.3 Å². The molecule has 0 fully saturated rings. The first-order chi connectivity index (χ1) is 17.3. The summed E-state index contributed by atoms with van der Waals surface area (Å²) in [7, 11) is 1.29. The van der Waals surface area contributed by atoms with Gasteiger partial charge in [-0.15, -0.1) is 0 Å². The zero-order valence-corrected chi connectivity index (χ0v) is 24.7. The number of fused-ring (bicyclic) bond motifs is 1. The molecule has 0 bridgehead atoms. The number of phenols is 1. The molecule has 0 unspecified atom stereocenters. The Hall–Kier alpha value is -2.39. The zero-order chi connectivity index (χ0) is 26.0. The molecule has 0 spiro atoms. The van der Waals surface area contributed by atoms with Crippen LogP contribution in [0.3, 0.4) is 0 Å². The summed E-state index contributed by atoms with van der Waals surface area (Å²) in [5.41, 5.74) is 1.06. The average molecular weight is 732 g/mol. The molecular formula is C25H22I2N2O6S. The second kappa shape index (κ2) is 11.3. The van der Waals surface area contributed by atoms with Crippen LogP contribution < -0.4 is 24.4 Å². The Balaban J connectivity index is 1.93. The third-order valence-electron chi connectivity index (χ3n) is 5.35. The first-order valence-corrected chi connectivity index (χ1v) is 13.9. The van der Waals surface area contributed by atoms with Gasteiger partial charge in [0.2, 0.25) is 0 Å². The minimum absolute atomic E-state index is 0.0986. The fraction of sp³-hybridized carbons (Fsp3) is 0.240. The molecule has 1 aliphatic rings. The Morgan fingerprint density at radius 2 is 1.89 bits per heavy atom. The zero-order valence-electron chi connectivity index (χ0n) is 19.6. The number of hydrogen-bond acceptors (Lipinski definition) is 8. The van der Waals surface area contributed by atoms with Crippen molar-refractivity contribution in [2.45, 2.75) is 19.9 Å². The highest BCUT2D eigenvalue weighted by Crippen LogP contribution is 2.35.